The standard InChI is InChI=1S/C13H24N2S/c1-3-5-6-7-12(15-8-4-2)9-13-10-14-11-16-13/h10-12,15H,3-9H2,1-2H3. The molecule has 0 aromatic carbocycles. The topological polar surface area (TPSA) is 24.9 Å². The van der Waals surface area contributed by atoms with Gasteiger partial charge in [-0.1, -0.05) is 33.1 Å². The Labute approximate surface area is 103 Å². The third-order valence-corrected chi connectivity index (χ3v) is 3.57. The molecule has 0 bridgehead atoms. The van der Waals surface area contributed by atoms with Crippen LogP contribution < -0.4 is 5.32 Å². The minimum absolute atomic E-state index is 0.645. The third kappa shape index (κ3) is 5.61. The molecule has 0 amide bonds. The Morgan fingerprint density at radius 3 is 2.81 bits per heavy atom. The smallest absolute Gasteiger partial charge is 0.0794 e. The van der Waals surface area contributed by atoms with Crippen molar-refractivity contribution in [1.82, 2.24) is 10.3 Å². The van der Waals surface area contributed by atoms with E-state index in [1.165, 1.54) is 37.0 Å². The molecule has 2 nitrogen and oxygen atoms in total. The zero-order valence-electron chi connectivity index (χ0n) is 10.5. The van der Waals surface area contributed by atoms with E-state index in [1.807, 2.05) is 11.7 Å². The summed E-state index contributed by atoms with van der Waals surface area (Å²) in [4.78, 5) is 5.55. The summed E-state index contributed by atoms with van der Waals surface area (Å²) in [5.41, 5.74) is 1.93. The van der Waals surface area contributed by atoms with Crippen molar-refractivity contribution in [2.75, 3.05) is 6.54 Å². The first-order chi connectivity index (χ1) is 7.86. The second-order valence-electron chi connectivity index (χ2n) is 4.32. The monoisotopic (exact) mass is 240 g/mol. The summed E-state index contributed by atoms with van der Waals surface area (Å²) in [6.45, 7) is 5.62. The molecule has 0 aliphatic rings. The average Bonchev–Trinajstić information content (AvgIpc) is 2.78. The molecular weight excluding hydrogens is 216 g/mol. The zero-order chi connectivity index (χ0) is 11.6. The Bertz CT molecular complexity index is 246. The Hall–Kier alpha value is -0.410. The fraction of sp³-hybridized carbons (Fsp3) is 0.769. The van der Waals surface area contributed by atoms with Crippen molar-refractivity contribution in [3.63, 3.8) is 0 Å². The van der Waals surface area contributed by atoms with Gasteiger partial charge in [-0.3, -0.25) is 4.98 Å². The maximum atomic E-state index is 4.14. The van der Waals surface area contributed by atoms with Crippen molar-refractivity contribution in [3.8, 4) is 0 Å². The van der Waals surface area contributed by atoms with Gasteiger partial charge in [0.05, 0.1) is 5.51 Å². The number of hydrogen-bond acceptors (Lipinski definition) is 3. The molecule has 0 saturated carbocycles. The predicted octanol–water partition coefficient (Wildman–Crippen LogP) is 3.63. The first kappa shape index (κ1) is 13.7. The van der Waals surface area contributed by atoms with E-state index >= 15 is 0 Å². The lowest BCUT2D eigenvalue weighted by molar-refractivity contribution is 0.458. The van der Waals surface area contributed by atoms with E-state index in [2.05, 4.69) is 24.1 Å². The van der Waals surface area contributed by atoms with Crippen LogP contribution in [0.25, 0.3) is 0 Å². The van der Waals surface area contributed by atoms with E-state index in [9.17, 15) is 0 Å². The summed E-state index contributed by atoms with van der Waals surface area (Å²) in [5.74, 6) is 0. The lowest BCUT2D eigenvalue weighted by atomic mass is 10.0. The van der Waals surface area contributed by atoms with Crippen molar-refractivity contribution in [2.24, 2.45) is 0 Å². The second-order valence-corrected chi connectivity index (χ2v) is 5.29. The van der Waals surface area contributed by atoms with Gasteiger partial charge in [0.2, 0.25) is 0 Å². The molecule has 0 aliphatic carbocycles. The van der Waals surface area contributed by atoms with Crippen LogP contribution in [0.4, 0.5) is 0 Å². The van der Waals surface area contributed by atoms with Gasteiger partial charge >= 0.3 is 0 Å². The molecule has 1 unspecified atom stereocenters. The van der Waals surface area contributed by atoms with E-state index in [0.29, 0.717) is 6.04 Å². The largest absolute Gasteiger partial charge is 0.314 e. The first-order valence-corrected chi connectivity index (χ1v) is 7.35. The van der Waals surface area contributed by atoms with Gasteiger partial charge in [0, 0.05) is 17.1 Å². The lowest BCUT2D eigenvalue weighted by Gasteiger charge is -2.17. The summed E-state index contributed by atoms with van der Waals surface area (Å²) in [5, 5.41) is 3.65. The van der Waals surface area contributed by atoms with Gasteiger partial charge < -0.3 is 5.32 Å². The quantitative estimate of drug-likeness (QED) is 0.667. The van der Waals surface area contributed by atoms with Crippen molar-refractivity contribution >= 4 is 11.3 Å². The minimum Gasteiger partial charge on any atom is -0.314 e. The van der Waals surface area contributed by atoms with Gasteiger partial charge in [0.15, 0.2) is 0 Å². The zero-order valence-corrected chi connectivity index (χ0v) is 11.4. The molecule has 92 valence electrons. The highest BCUT2D eigenvalue weighted by Crippen LogP contribution is 2.13. The summed E-state index contributed by atoms with van der Waals surface area (Å²) in [6, 6.07) is 0.645. The van der Waals surface area contributed by atoms with E-state index in [1.54, 1.807) is 11.3 Å². The molecule has 0 saturated heterocycles. The SMILES string of the molecule is CCCCCC(Cc1cncs1)NCCC. The van der Waals surface area contributed by atoms with Crippen LogP contribution >= 0.6 is 11.3 Å². The Morgan fingerprint density at radius 2 is 2.19 bits per heavy atom. The molecule has 1 aromatic rings. The molecule has 1 rings (SSSR count). The van der Waals surface area contributed by atoms with Crippen LogP contribution in [0.2, 0.25) is 0 Å². The van der Waals surface area contributed by atoms with Crippen LogP contribution in [0.1, 0.15) is 50.8 Å². The molecule has 0 fully saturated rings. The van der Waals surface area contributed by atoms with Crippen LogP contribution in [0.15, 0.2) is 11.7 Å². The number of unbranched alkanes of at least 4 members (excludes halogenated alkanes) is 2. The van der Waals surface area contributed by atoms with Gasteiger partial charge in [-0.15, -0.1) is 11.3 Å². The number of aromatic nitrogens is 1. The molecule has 1 atom stereocenters. The fourth-order valence-electron chi connectivity index (χ4n) is 1.85. The predicted molar refractivity (Wildman–Crippen MR) is 72.0 cm³/mol. The fourth-order valence-corrected chi connectivity index (χ4v) is 2.53. The molecular formula is C13H24N2S. The van der Waals surface area contributed by atoms with E-state index in [-0.39, 0.29) is 0 Å². The van der Waals surface area contributed by atoms with Crippen LogP contribution in [-0.4, -0.2) is 17.6 Å². The molecule has 1 N–H and O–H groups in total. The van der Waals surface area contributed by atoms with Crippen LogP contribution in [0.5, 0.6) is 0 Å². The molecule has 0 radical (unpaired) electrons. The van der Waals surface area contributed by atoms with Crippen LogP contribution in [0.3, 0.4) is 0 Å². The van der Waals surface area contributed by atoms with Gasteiger partial charge in [-0.2, -0.15) is 0 Å². The molecule has 1 heterocycles. The number of nitrogens with zero attached hydrogens (tertiary/aromatic N) is 1. The minimum atomic E-state index is 0.645. The Balaban J connectivity index is 2.31. The summed E-state index contributed by atoms with van der Waals surface area (Å²) >= 11 is 1.77. The molecule has 1 aromatic heterocycles. The van der Waals surface area contributed by atoms with Crippen molar-refractivity contribution in [1.29, 1.82) is 0 Å². The van der Waals surface area contributed by atoms with Crippen LogP contribution in [-0.2, 0) is 6.42 Å². The average molecular weight is 240 g/mol. The van der Waals surface area contributed by atoms with E-state index in [4.69, 9.17) is 0 Å². The first-order valence-electron chi connectivity index (χ1n) is 6.47. The highest BCUT2D eigenvalue weighted by Gasteiger charge is 2.09. The van der Waals surface area contributed by atoms with Gasteiger partial charge in [-0.05, 0) is 25.8 Å². The maximum absolute atomic E-state index is 4.14. The normalized spacial score (nSPS) is 12.9. The summed E-state index contributed by atoms with van der Waals surface area (Å²) in [6.07, 6.45) is 9.67. The third-order valence-electron chi connectivity index (χ3n) is 2.77. The Kier molecular flexibility index (Phi) is 7.43. The number of rotatable bonds is 9. The molecule has 3 heteroatoms. The van der Waals surface area contributed by atoms with E-state index in [0.717, 1.165) is 13.0 Å². The lowest BCUT2D eigenvalue weighted by Crippen LogP contribution is -2.31. The number of nitrogens with one attached hydrogen (secondary N) is 1. The van der Waals surface area contributed by atoms with Crippen molar-refractivity contribution < 1.29 is 0 Å². The molecule has 0 spiro atoms. The molecule has 0 aliphatic heterocycles. The highest BCUT2D eigenvalue weighted by molar-refractivity contribution is 7.09. The summed E-state index contributed by atoms with van der Waals surface area (Å²) < 4.78 is 0. The number of thiazole rings is 1. The molecule has 16 heavy (non-hydrogen) atoms. The maximum Gasteiger partial charge on any atom is 0.0794 e. The van der Waals surface area contributed by atoms with Gasteiger partial charge in [0.25, 0.3) is 0 Å². The Morgan fingerprint density at radius 1 is 1.31 bits per heavy atom. The second kappa shape index (κ2) is 8.71. The van der Waals surface area contributed by atoms with E-state index < -0.39 is 0 Å². The van der Waals surface area contributed by atoms with Gasteiger partial charge in [-0.25, -0.2) is 0 Å². The highest BCUT2D eigenvalue weighted by atomic mass is 32.1. The van der Waals surface area contributed by atoms with Crippen molar-refractivity contribution in [2.45, 2.75) is 58.4 Å². The summed E-state index contributed by atoms with van der Waals surface area (Å²) in [7, 11) is 0. The van der Waals surface area contributed by atoms with Gasteiger partial charge in [0.1, 0.15) is 0 Å². The van der Waals surface area contributed by atoms with Crippen molar-refractivity contribution in [3.05, 3.63) is 16.6 Å². The number of hydrogen-bond donors (Lipinski definition) is 1. The van der Waals surface area contributed by atoms with Crippen LogP contribution in [0, 0.1) is 0 Å².